The first-order valence-electron chi connectivity index (χ1n) is 9.17. The van der Waals surface area contributed by atoms with Crippen molar-refractivity contribution < 1.29 is 0 Å². The fraction of sp³-hybridized carbons (Fsp3) is 0.619. The number of hydrogen-bond acceptors (Lipinski definition) is 2. The van der Waals surface area contributed by atoms with Crippen LogP contribution in [-0.4, -0.2) is 25.5 Å². The van der Waals surface area contributed by atoms with Crippen molar-refractivity contribution in [1.82, 2.24) is 0 Å². The molecular weight excluding hydrogens is 280 g/mol. The molecule has 0 heterocycles. The quantitative estimate of drug-likeness (QED) is 0.357. The molecule has 1 aromatic rings. The number of rotatable bonds is 11. The normalized spacial score (nSPS) is 12.5. The molecule has 0 unspecified atom stereocenters. The average Bonchev–Trinajstić information content (AvgIpc) is 2.55. The first-order chi connectivity index (χ1) is 11.1. The van der Waals surface area contributed by atoms with Crippen LogP contribution in [0, 0.1) is 5.41 Å². The van der Waals surface area contributed by atoms with E-state index in [4.69, 9.17) is 0 Å². The zero-order valence-electron chi connectivity index (χ0n) is 15.5. The molecule has 0 aromatic heterocycles. The Labute approximate surface area is 143 Å². The van der Waals surface area contributed by atoms with Gasteiger partial charge in [-0.05, 0) is 35.8 Å². The molecular formula is C21H34N2. The number of hydrogen-bond donors (Lipinski definition) is 0. The van der Waals surface area contributed by atoms with E-state index in [1.807, 2.05) is 12.4 Å². The molecule has 0 amide bonds. The Balaban J connectivity index is 2.32. The summed E-state index contributed by atoms with van der Waals surface area (Å²) in [5.74, 6) is 0. The molecule has 0 aliphatic carbocycles. The van der Waals surface area contributed by atoms with Crippen molar-refractivity contribution in [2.75, 3.05) is 13.1 Å². The average molecular weight is 315 g/mol. The molecule has 0 saturated carbocycles. The lowest BCUT2D eigenvalue weighted by Gasteiger charge is -2.21. The standard InChI is InChI=1S/C21H34N2/c1-5-7-8-15-22-17-19-10-12-20(13-11-19)18-23-16-9-14-21(3,4)6-2/h10-13,17-18H,5-9,14-16H2,1-4H3. The largest absolute Gasteiger partial charge is 0.293 e. The topological polar surface area (TPSA) is 24.7 Å². The van der Waals surface area contributed by atoms with Gasteiger partial charge in [0.25, 0.3) is 0 Å². The van der Waals surface area contributed by atoms with Gasteiger partial charge in [0.15, 0.2) is 0 Å². The van der Waals surface area contributed by atoms with Gasteiger partial charge in [-0.1, -0.05) is 71.2 Å². The van der Waals surface area contributed by atoms with Crippen molar-refractivity contribution in [1.29, 1.82) is 0 Å². The minimum Gasteiger partial charge on any atom is -0.293 e. The Morgan fingerprint density at radius 3 is 1.83 bits per heavy atom. The van der Waals surface area contributed by atoms with E-state index in [0.29, 0.717) is 5.41 Å². The van der Waals surface area contributed by atoms with Crippen LogP contribution in [0.15, 0.2) is 34.3 Å². The second-order valence-corrected chi connectivity index (χ2v) is 7.07. The molecule has 0 aliphatic heterocycles. The molecule has 0 atom stereocenters. The minimum atomic E-state index is 0.452. The van der Waals surface area contributed by atoms with E-state index in [1.165, 1.54) is 49.7 Å². The van der Waals surface area contributed by atoms with Gasteiger partial charge in [-0.15, -0.1) is 0 Å². The lowest BCUT2D eigenvalue weighted by atomic mass is 9.85. The second-order valence-electron chi connectivity index (χ2n) is 7.07. The highest BCUT2D eigenvalue weighted by Crippen LogP contribution is 2.25. The highest BCUT2D eigenvalue weighted by atomic mass is 14.7. The second kappa shape index (κ2) is 11.2. The molecule has 128 valence electrons. The maximum atomic E-state index is 4.55. The van der Waals surface area contributed by atoms with Crippen LogP contribution >= 0.6 is 0 Å². The molecule has 1 rings (SSSR count). The third kappa shape index (κ3) is 9.32. The van der Waals surface area contributed by atoms with Crippen LogP contribution < -0.4 is 0 Å². The van der Waals surface area contributed by atoms with Crippen LogP contribution in [0.2, 0.25) is 0 Å². The molecule has 2 heteroatoms. The number of unbranched alkanes of at least 4 members (excludes halogenated alkanes) is 2. The summed E-state index contributed by atoms with van der Waals surface area (Å²) in [7, 11) is 0. The number of benzene rings is 1. The molecule has 0 radical (unpaired) electrons. The maximum Gasteiger partial charge on any atom is 0.0389 e. The first kappa shape index (κ1) is 19.6. The summed E-state index contributed by atoms with van der Waals surface area (Å²) in [6.07, 6.45) is 11.3. The molecule has 0 fully saturated rings. The fourth-order valence-electron chi connectivity index (χ4n) is 2.29. The van der Waals surface area contributed by atoms with E-state index in [9.17, 15) is 0 Å². The van der Waals surface area contributed by atoms with Crippen molar-refractivity contribution in [3.8, 4) is 0 Å². The summed E-state index contributed by atoms with van der Waals surface area (Å²) < 4.78 is 0. The van der Waals surface area contributed by atoms with Gasteiger partial charge in [0.05, 0.1) is 0 Å². The highest BCUT2D eigenvalue weighted by Gasteiger charge is 2.13. The summed E-state index contributed by atoms with van der Waals surface area (Å²) >= 11 is 0. The van der Waals surface area contributed by atoms with Gasteiger partial charge in [0, 0.05) is 25.5 Å². The van der Waals surface area contributed by atoms with Crippen molar-refractivity contribution in [2.24, 2.45) is 15.4 Å². The summed E-state index contributed by atoms with van der Waals surface area (Å²) in [5, 5.41) is 0. The Kier molecular flexibility index (Phi) is 9.51. The third-order valence-electron chi connectivity index (χ3n) is 4.41. The van der Waals surface area contributed by atoms with E-state index < -0.39 is 0 Å². The third-order valence-corrected chi connectivity index (χ3v) is 4.41. The lowest BCUT2D eigenvalue weighted by Crippen LogP contribution is -2.09. The van der Waals surface area contributed by atoms with E-state index >= 15 is 0 Å². The summed E-state index contributed by atoms with van der Waals surface area (Å²) in [6.45, 7) is 11.0. The van der Waals surface area contributed by atoms with E-state index in [2.05, 4.69) is 61.9 Å². The minimum absolute atomic E-state index is 0.452. The predicted molar refractivity (Wildman–Crippen MR) is 104 cm³/mol. The van der Waals surface area contributed by atoms with Gasteiger partial charge < -0.3 is 0 Å². The van der Waals surface area contributed by atoms with Crippen molar-refractivity contribution in [3.05, 3.63) is 35.4 Å². The summed E-state index contributed by atoms with van der Waals surface area (Å²) in [4.78, 5) is 9.01. The van der Waals surface area contributed by atoms with Crippen molar-refractivity contribution in [3.63, 3.8) is 0 Å². The van der Waals surface area contributed by atoms with Crippen LogP contribution in [-0.2, 0) is 0 Å². The molecule has 0 bridgehead atoms. The zero-order valence-corrected chi connectivity index (χ0v) is 15.5. The van der Waals surface area contributed by atoms with Crippen LogP contribution in [0.4, 0.5) is 0 Å². The van der Waals surface area contributed by atoms with Crippen LogP contribution in [0.3, 0.4) is 0 Å². The van der Waals surface area contributed by atoms with Gasteiger partial charge in [-0.25, -0.2) is 0 Å². The van der Waals surface area contributed by atoms with E-state index in [-0.39, 0.29) is 0 Å². The first-order valence-corrected chi connectivity index (χ1v) is 9.17. The van der Waals surface area contributed by atoms with E-state index in [1.54, 1.807) is 0 Å². The Morgan fingerprint density at radius 1 is 0.826 bits per heavy atom. The summed E-state index contributed by atoms with van der Waals surface area (Å²) in [6, 6.07) is 8.47. The highest BCUT2D eigenvalue weighted by molar-refractivity contribution is 5.84. The van der Waals surface area contributed by atoms with Crippen LogP contribution in [0.25, 0.3) is 0 Å². The molecule has 23 heavy (non-hydrogen) atoms. The Hall–Kier alpha value is -1.44. The van der Waals surface area contributed by atoms with Gasteiger partial charge in [0.2, 0.25) is 0 Å². The monoisotopic (exact) mass is 314 g/mol. The number of aliphatic imine (C=N–C) groups is 2. The van der Waals surface area contributed by atoms with Gasteiger partial charge in [-0.2, -0.15) is 0 Å². The zero-order chi connectivity index (χ0) is 17.0. The SMILES string of the molecule is CCCCCN=Cc1ccc(C=NCCCC(C)(C)CC)cc1. The smallest absolute Gasteiger partial charge is 0.0389 e. The van der Waals surface area contributed by atoms with Crippen LogP contribution in [0.5, 0.6) is 0 Å². The Bertz CT molecular complexity index is 469. The molecule has 2 nitrogen and oxygen atoms in total. The molecule has 1 aromatic carbocycles. The van der Waals surface area contributed by atoms with Gasteiger partial charge in [0.1, 0.15) is 0 Å². The Morgan fingerprint density at radius 2 is 1.35 bits per heavy atom. The lowest BCUT2D eigenvalue weighted by molar-refractivity contribution is 0.315. The maximum absolute atomic E-state index is 4.55. The van der Waals surface area contributed by atoms with Gasteiger partial charge in [-0.3, -0.25) is 9.98 Å². The predicted octanol–water partition coefficient (Wildman–Crippen LogP) is 5.93. The molecule has 0 saturated heterocycles. The number of nitrogens with zero attached hydrogens (tertiary/aromatic N) is 2. The summed E-state index contributed by atoms with van der Waals surface area (Å²) in [5.41, 5.74) is 2.79. The fourth-order valence-corrected chi connectivity index (χ4v) is 2.29. The molecule has 0 aliphatic rings. The molecule has 0 spiro atoms. The molecule has 0 N–H and O–H groups in total. The van der Waals surface area contributed by atoms with Crippen molar-refractivity contribution >= 4 is 12.4 Å². The van der Waals surface area contributed by atoms with E-state index in [0.717, 1.165) is 13.1 Å². The van der Waals surface area contributed by atoms with Crippen molar-refractivity contribution in [2.45, 2.75) is 66.2 Å². The van der Waals surface area contributed by atoms with Gasteiger partial charge >= 0.3 is 0 Å². The van der Waals surface area contributed by atoms with Crippen LogP contribution in [0.1, 0.15) is 77.3 Å².